The number of hydrogen-bond acceptors (Lipinski definition) is 4. The highest BCUT2D eigenvalue weighted by Crippen LogP contribution is 2.17. The summed E-state index contributed by atoms with van der Waals surface area (Å²) in [6, 6.07) is 4.03. The molecule has 112 valence electrons. The summed E-state index contributed by atoms with van der Waals surface area (Å²) in [6.07, 6.45) is 6.85. The van der Waals surface area contributed by atoms with E-state index in [0.717, 1.165) is 44.8 Å². The molecule has 5 heteroatoms. The first kappa shape index (κ1) is 14.1. The highest BCUT2D eigenvalue weighted by atomic mass is 16.2. The van der Waals surface area contributed by atoms with Crippen LogP contribution in [-0.2, 0) is 4.79 Å². The van der Waals surface area contributed by atoms with Gasteiger partial charge in [0.05, 0.1) is 0 Å². The van der Waals surface area contributed by atoms with Crippen molar-refractivity contribution in [3.63, 3.8) is 0 Å². The number of anilines is 1. The summed E-state index contributed by atoms with van der Waals surface area (Å²) in [4.78, 5) is 21.0. The molecule has 1 aromatic heterocycles. The van der Waals surface area contributed by atoms with Gasteiger partial charge in [0.1, 0.15) is 6.04 Å². The van der Waals surface area contributed by atoms with Crippen molar-refractivity contribution >= 4 is 11.6 Å². The van der Waals surface area contributed by atoms with Gasteiger partial charge in [0.15, 0.2) is 0 Å². The average Bonchev–Trinajstić information content (AvgIpc) is 2.91. The van der Waals surface area contributed by atoms with Gasteiger partial charge in [-0.15, -0.1) is 0 Å². The van der Waals surface area contributed by atoms with Gasteiger partial charge in [-0.25, -0.2) is 0 Å². The first-order valence-corrected chi connectivity index (χ1v) is 7.60. The average molecular weight is 286 g/mol. The monoisotopic (exact) mass is 286 g/mol. The molecule has 0 saturated carbocycles. The largest absolute Gasteiger partial charge is 0.370 e. The Morgan fingerprint density at radius 2 is 2.24 bits per heavy atom. The summed E-state index contributed by atoms with van der Waals surface area (Å²) < 4.78 is 0. The maximum atomic E-state index is 12.4. The van der Waals surface area contributed by atoms with Crippen molar-refractivity contribution in [2.45, 2.75) is 19.4 Å². The maximum absolute atomic E-state index is 12.4. The van der Waals surface area contributed by atoms with Crippen molar-refractivity contribution in [2.24, 2.45) is 0 Å². The molecule has 5 nitrogen and oxygen atoms in total. The molecule has 0 aromatic carbocycles. The van der Waals surface area contributed by atoms with Crippen LogP contribution < -0.4 is 10.2 Å². The Morgan fingerprint density at radius 1 is 1.33 bits per heavy atom. The topological polar surface area (TPSA) is 48.5 Å². The standard InChI is InChI=1S/C16H22N4O/c1-13-12-14(5-7-17-13)19-8-3-9-20(11-10-19)16(21)15-4-2-6-18-15/h2,4-5,7,12,15,18H,3,6,8-11H2,1H3/t15-/m1/s1. The summed E-state index contributed by atoms with van der Waals surface area (Å²) in [6.45, 7) is 6.30. The molecule has 0 aliphatic carbocycles. The molecular weight excluding hydrogens is 264 g/mol. The van der Waals surface area contributed by atoms with Crippen molar-refractivity contribution in [1.29, 1.82) is 0 Å². The molecule has 0 bridgehead atoms. The number of rotatable bonds is 2. The fourth-order valence-electron chi connectivity index (χ4n) is 2.96. The van der Waals surface area contributed by atoms with Crippen LogP contribution in [0.15, 0.2) is 30.5 Å². The number of nitrogens with zero attached hydrogens (tertiary/aromatic N) is 3. The number of aromatic nitrogens is 1. The zero-order chi connectivity index (χ0) is 14.7. The SMILES string of the molecule is Cc1cc(N2CCCN(C(=O)[C@H]3C=CCN3)CC2)ccn1. The summed E-state index contributed by atoms with van der Waals surface area (Å²) in [7, 11) is 0. The minimum absolute atomic E-state index is 0.125. The van der Waals surface area contributed by atoms with E-state index < -0.39 is 0 Å². The molecule has 1 N–H and O–H groups in total. The molecule has 3 heterocycles. The number of amides is 1. The fraction of sp³-hybridized carbons (Fsp3) is 0.500. The Labute approximate surface area is 125 Å². The van der Waals surface area contributed by atoms with Gasteiger partial charge in [-0.3, -0.25) is 15.1 Å². The van der Waals surface area contributed by atoms with Gasteiger partial charge in [-0.2, -0.15) is 0 Å². The summed E-state index contributed by atoms with van der Waals surface area (Å²) >= 11 is 0. The quantitative estimate of drug-likeness (QED) is 0.823. The van der Waals surface area contributed by atoms with Crippen molar-refractivity contribution in [3.05, 3.63) is 36.2 Å². The Balaban J connectivity index is 1.64. The third-order valence-electron chi connectivity index (χ3n) is 4.10. The first-order chi connectivity index (χ1) is 10.2. The van der Waals surface area contributed by atoms with Gasteiger partial charge < -0.3 is 9.80 Å². The van der Waals surface area contributed by atoms with Gasteiger partial charge in [0, 0.05) is 50.3 Å². The number of carbonyl (C=O) groups is 1. The van der Waals surface area contributed by atoms with Crippen LogP contribution in [0, 0.1) is 6.92 Å². The number of carbonyl (C=O) groups excluding carboxylic acids is 1. The lowest BCUT2D eigenvalue weighted by Crippen LogP contribution is -2.45. The molecule has 0 unspecified atom stereocenters. The third kappa shape index (κ3) is 3.24. The van der Waals surface area contributed by atoms with E-state index in [1.165, 1.54) is 5.69 Å². The van der Waals surface area contributed by atoms with E-state index in [1.807, 2.05) is 36.2 Å². The lowest BCUT2D eigenvalue weighted by molar-refractivity contribution is -0.131. The lowest BCUT2D eigenvalue weighted by atomic mass is 10.2. The molecule has 21 heavy (non-hydrogen) atoms. The fourth-order valence-corrected chi connectivity index (χ4v) is 2.96. The summed E-state index contributed by atoms with van der Waals surface area (Å²) in [5, 5.41) is 3.20. The van der Waals surface area contributed by atoms with E-state index in [2.05, 4.69) is 21.3 Å². The normalized spacial score (nSPS) is 22.4. The van der Waals surface area contributed by atoms with Crippen LogP contribution in [0.4, 0.5) is 5.69 Å². The first-order valence-electron chi connectivity index (χ1n) is 7.60. The highest BCUT2D eigenvalue weighted by molar-refractivity contribution is 5.84. The van der Waals surface area contributed by atoms with Gasteiger partial charge in [-0.05, 0) is 25.5 Å². The van der Waals surface area contributed by atoms with Crippen molar-refractivity contribution < 1.29 is 4.79 Å². The second-order valence-corrected chi connectivity index (χ2v) is 5.64. The Morgan fingerprint density at radius 3 is 3.00 bits per heavy atom. The molecule has 1 amide bonds. The van der Waals surface area contributed by atoms with Gasteiger partial charge in [-0.1, -0.05) is 12.2 Å². The zero-order valence-corrected chi connectivity index (χ0v) is 12.5. The van der Waals surface area contributed by atoms with Crippen molar-refractivity contribution in [3.8, 4) is 0 Å². The van der Waals surface area contributed by atoms with Gasteiger partial charge in [0.2, 0.25) is 5.91 Å². The number of pyridine rings is 1. The predicted octanol–water partition coefficient (Wildman–Crippen LogP) is 0.957. The molecule has 2 aliphatic heterocycles. The Hall–Kier alpha value is -1.88. The molecule has 2 aliphatic rings. The summed E-state index contributed by atoms with van der Waals surface area (Å²) in [5.74, 6) is 0.205. The molecule has 0 spiro atoms. The minimum atomic E-state index is -0.125. The van der Waals surface area contributed by atoms with E-state index in [0.29, 0.717) is 0 Å². The minimum Gasteiger partial charge on any atom is -0.370 e. The Kier molecular flexibility index (Phi) is 4.20. The Bertz CT molecular complexity index is 543. The number of hydrogen-bond donors (Lipinski definition) is 1. The summed E-state index contributed by atoms with van der Waals surface area (Å²) in [5.41, 5.74) is 2.24. The van der Waals surface area contributed by atoms with Crippen LogP contribution in [0.25, 0.3) is 0 Å². The smallest absolute Gasteiger partial charge is 0.243 e. The third-order valence-corrected chi connectivity index (χ3v) is 4.10. The van der Waals surface area contributed by atoms with Gasteiger partial charge in [0.25, 0.3) is 0 Å². The van der Waals surface area contributed by atoms with Crippen LogP contribution in [0.1, 0.15) is 12.1 Å². The van der Waals surface area contributed by atoms with Gasteiger partial charge >= 0.3 is 0 Å². The van der Waals surface area contributed by atoms with Crippen molar-refractivity contribution in [2.75, 3.05) is 37.6 Å². The number of aryl methyl sites for hydroxylation is 1. The second-order valence-electron chi connectivity index (χ2n) is 5.64. The maximum Gasteiger partial charge on any atom is 0.243 e. The molecule has 1 saturated heterocycles. The predicted molar refractivity (Wildman–Crippen MR) is 83.3 cm³/mol. The van der Waals surface area contributed by atoms with E-state index in [-0.39, 0.29) is 11.9 Å². The van der Waals surface area contributed by atoms with E-state index >= 15 is 0 Å². The molecule has 3 rings (SSSR count). The molecule has 1 atom stereocenters. The molecule has 1 aromatic rings. The van der Waals surface area contributed by atoms with E-state index in [1.54, 1.807) is 0 Å². The van der Waals surface area contributed by atoms with Crippen molar-refractivity contribution in [1.82, 2.24) is 15.2 Å². The zero-order valence-electron chi connectivity index (χ0n) is 12.5. The van der Waals surface area contributed by atoms with E-state index in [4.69, 9.17) is 0 Å². The van der Waals surface area contributed by atoms with E-state index in [9.17, 15) is 4.79 Å². The lowest BCUT2D eigenvalue weighted by Gasteiger charge is -2.25. The van der Waals surface area contributed by atoms with Crippen LogP contribution in [-0.4, -0.2) is 54.6 Å². The van der Waals surface area contributed by atoms with Crippen LogP contribution in [0.2, 0.25) is 0 Å². The number of nitrogens with one attached hydrogen (secondary N) is 1. The molecule has 0 radical (unpaired) electrons. The van der Waals surface area contributed by atoms with Crippen LogP contribution in [0.5, 0.6) is 0 Å². The molecule has 1 fully saturated rings. The highest BCUT2D eigenvalue weighted by Gasteiger charge is 2.25. The van der Waals surface area contributed by atoms with Crippen LogP contribution >= 0.6 is 0 Å². The van der Waals surface area contributed by atoms with Crippen LogP contribution in [0.3, 0.4) is 0 Å². The second kappa shape index (κ2) is 6.26. The molecular formula is C16H22N4O.